The highest BCUT2D eigenvalue weighted by Gasteiger charge is 2.41. The summed E-state index contributed by atoms with van der Waals surface area (Å²) in [6.07, 6.45) is 3.49. The van der Waals surface area contributed by atoms with Crippen molar-refractivity contribution >= 4 is 27.3 Å². The second kappa shape index (κ2) is 5.70. The summed E-state index contributed by atoms with van der Waals surface area (Å²) in [5.41, 5.74) is 0. The predicted octanol–water partition coefficient (Wildman–Crippen LogP) is 1.39. The molecule has 116 valence electrons. The van der Waals surface area contributed by atoms with Gasteiger partial charge in [-0.15, -0.1) is 11.3 Å². The smallest absolute Gasteiger partial charge is 0.223 e. The van der Waals surface area contributed by atoms with Gasteiger partial charge in [-0.05, 0) is 30.7 Å². The average Bonchev–Trinajstić information content (AvgIpc) is 2.99. The molecular weight excluding hydrogens is 308 g/mol. The Hall–Kier alpha value is -0.920. The summed E-state index contributed by atoms with van der Waals surface area (Å²) in [6, 6.07) is 4.42. The van der Waals surface area contributed by atoms with E-state index in [-0.39, 0.29) is 17.9 Å². The number of amides is 1. The lowest BCUT2D eigenvalue weighted by Crippen LogP contribution is -2.43. The summed E-state index contributed by atoms with van der Waals surface area (Å²) in [5, 5.41) is 5.18. The summed E-state index contributed by atoms with van der Waals surface area (Å²) in [6.45, 7) is 0.909. The summed E-state index contributed by atoms with van der Waals surface area (Å²) >= 11 is 1.74. The first kappa shape index (κ1) is 15.0. The fourth-order valence-electron chi connectivity index (χ4n) is 2.92. The molecule has 3 rings (SSSR count). The number of nitrogens with one attached hydrogen (secondary N) is 1. The van der Waals surface area contributed by atoms with Crippen molar-refractivity contribution in [3.63, 3.8) is 0 Å². The number of carbonyl (C=O) groups is 1. The minimum atomic E-state index is -3.12. The number of thiophene rings is 1. The van der Waals surface area contributed by atoms with E-state index in [2.05, 4.69) is 16.8 Å². The molecule has 0 aromatic carbocycles. The van der Waals surface area contributed by atoms with Gasteiger partial charge in [-0.25, -0.2) is 12.7 Å². The lowest BCUT2D eigenvalue weighted by Gasteiger charge is -2.29. The topological polar surface area (TPSA) is 66.5 Å². The molecular formula is C14H20N2O3S2. The molecule has 1 aliphatic heterocycles. The van der Waals surface area contributed by atoms with Crippen LogP contribution < -0.4 is 5.32 Å². The highest BCUT2D eigenvalue weighted by atomic mass is 32.2. The molecule has 2 unspecified atom stereocenters. The molecule has 0 spiro atoms. The average molecular weight is 328 g/mol. The maximum Gasteiger partial charge on any atom is 0.223 e. The van der Waals surface area contributed by atoms with E-state index in [1.54, 1.807) is 11.3 Å². The molecule has 2 atom stereocenters. The van der Waals surface area contributed by atoms with Crippen LogP contribution in [0, 0.1) is 5.92 Å². The van der Waals surface area contributed by atoms with Crippen molar-refractivity contribution in [1.82, 2.24) is 9.62 Å². The molecule has 1 saturated carbocycles. The molecule has 1 saturated heterocycles. The van der Waals surface area contributed by atoms with Crippen molar-refractivity contribution in [2.45, 2.75) is 31.2 Å². The molecule has 0 bridgehead atoms. The fraction of sp³-hybridized carbons (Fsp3) is 0.643. The number of carbonyl (C=O) groups excluding carboxylic acids is 1. The molecule has 7 heteroatoms. The summed E-state index contributed by atoms with van der Waals surface area (Å²) in [4.78, 5) is 13.6. The molecule has 21 heavy (non-hydrogen) atoms. The Morgan fingerprint density at radius 2 is 2.10 bits per heavy atom. The lowest BCUT2D eigenvalue weighted by molar-refractivity contribution is -0.126. The van der Waals surface area contributed by atoms with Crippen molar-refractivity contribution in [2.24, 2.45) is 5.92 Å². The minimum Gasteiger partial charge on any atom is -0.352 e. The second-order valence-corrected chi connectivity index (χ2v) is 8.87. The zero-order valence-corrected chi connectivity index (χ0v) is 13.6. The Kier molecular flexibility index (Phi) is 4.07. The maximum absolute atomic E-state index is 12.2. The first-order valence-electron chi connectivity index (χ1n) is 7.24. The van der Waals surface area contributed by atoms with E-state index in [0.717, 1.165) is 6.42 Å². The number of hydrogen-bond donors (Lipinski definition) is 1. The molecule has 5 nitrogen and oxygen atoms in total. The third-order valence-corrected chi connectivity index (χ3v) is 6.63. The van der Waals surface area contributed by atoms with Crippen LogP contribution in [0.4, 0.5) is 0 Å². The molecule has 0 radical (unpaired) electrons. The van der Waals surface area contributed by atoms with Crippen molar-refractivity contribution in [3.05, 3.63) is 22.4 Å². The van der Waals surface area contributed by atoms with Crippen LogP contribution in [-0.2, 0) is 14.8 Å². The van der Waals surface area contributed by atoms with Crippen molar-refractivity contribution < 1.29 is 13.2 Å². The van der Waals surface area contributed by atoms with E-state index < -0.39 is 10.0 Å². The van der Waals surface area contributed by atoms with Crippen LogP contribution in [0.1, 0.15) is 30.1 Å². The fourth-order valence-corrected chi connectivity index (χ4v) is 4.70. The van der Waals surface area contributed by atoms with Gasteiger partial charge >= 0.3 is 0 Å². The Morgan fingerprint density at radius 1 is 1.38 bits per heavy atom. The highest BCUT2D eigenvalue weighted by Crippen LogP contribution is 2.43. The molecule has 1 N–H and O–H groups in total. The Morgan fingerprint density at radius 3 is 2.67 bits per heavy atom. The predicted molar refractivity (Wildman–Crippen MR) is 82.7 cm³/mol. The zero-order chi connectivity index (χ0) is 15.0. The standard InChI is InChI=1S/C14H20N2O3S2/c1-21(18,19)16-6-4-10(5-7-16)14(17)15-12-9-11(12)13-3-2-8-20-13/h2-3,8,10-12H,4-7,9H2,1H3,(H,15,17). The van der Waals surface area contributed by atoms with E-state index in [1.807, 2.05) is 6.07 Å². The zero-order valence-electron chi connectivity index (χ0n) is 12.0. The first-order chi connectivity index (χ1) is 9.95. The van der Waals surface area contributed by atoms with Gasteiger partial charge in [-0.3, -0.25) is 4.79 Å². The Bertz CT molecular complexity index is 604. The summed E-state index contributed by atoms with van der Waals surface area (Å²) < 4.78 is 24.4. The van der Waals surface area contributed by atoms with Crippen LogP contribution in [0.5, 0.6) is 0 Å². The van der Waals surface area contributed by atoms with Crippen molar-refractivity contribution in [1.29, 1.82) is 0 Å². The minimum absolute atomic E-state index is 0.0485. The maximum atomic E-state index is 12.2. The van der Waals surface area contributed by atoms with E-state index in [1.165, 1.54) is 15.4 Å². The van der Waals surface area contributed by atoms with Crippen LogP contribution in [-0.4, -0.2) is 44.0 Å². The third kappa shape index (κ3) is 3.46. The summed E-state index contributed by atoms with van der Waals surface area (Å²) in [7, 11) is -3.12. The van der Waals surface area contributed by atoms with Gasteiger partial charge in [0.15, 0.2) is 0 Å². The van der Waals surface area contributed by atoms with Crippen LogP contribution in [0.25, 0.3) is 0 Å². The largest absolute Gasteiger partial charge is 0.352 e. The van der Waals surface area contributed by atoms with E-state index in [4.69, 9.17) is 0 Å². The highest BCUT2D eigenvalue weighted by molar-refractivity contribution is 7.88. The van der Waals surface area contributed by atoms with Crippen molar-refractivity contribution in [3.8, 4) is 0 Å². The van der Waals surface area contributed by atoms with E-state index >= 15 is 0 Å². The molecule has 1 aliphatic carbocycles. The van der Waals surface area contributed by atoms with Crippen LogP contribution in [0.15, 0.2) is 17.5 Å². The lowest BCUT2D eigenvalue weighted by atomic mass is 9.97. The van der Waals surface area contributed by atoms with Gasteiger partial charge in [0.2, 0.25) is 15.9 Å². The molecule has 1 amide bonds. The molecule has 1 aromatic heterocycles. The normalized spacial score (nSPS) is 27.5. The monoisotopic (exact) mass is 328 g/mol. The number of nitrogens with zero attached hydrogens (tertiary/aromatic N) is 1. The van der Waals surface area contributed by atoms with Gasteiger partial charge < -0.3 is 5.32 Å². The van der Waals surface area contributed by atoms with E-state index in [9.17, 15) is 13.2 Å². The van der Waals surface area contributed by atoms with Crippen LogP contribution in [0.3, 0.4) is 0 Å². The number of rotatable bonds is 4. The van der Waals surface area contributed by atoms with E-state index in [0.29, 0.717) is 31.8 Å². The quantitative estimate of drug-likeness (QED) is 0.908. The Labute approximate surface area is 129 Å². The number of hydrogen-bond acceptors (Lipinski definition) is 4. The first-order valence-corrected chi connectivity index (χ1v) is 9.97. The van der Waals surface area contributed by atoms with Gasteiger partial charge in [0, 0.05) is 35.8 Å². The van der Waals surface area contributed by atoms with Gasteiger partial charge in [0.05, 0.1) is 6.26 Å². The molecule has 2 heterocycles. The molecule has 2 aliphatic rings. The van der Waals surface area contributed by atoms with Crippen LogP contribution >= 0.6 is 11.3 Å². The van der Waals surface area contributed by atoms with Crippen LogP contribution in [0.2, 0.25) is 0 Å². The molecule has 1 aromatic rings. The number of sulfonamides is 1. The number of piperidine rings is 1. The second-order valence-electron chi connectivity index (χ2n) is 5.91. The van der Waals surface area contributed by atoms with Crippen molar-refractivity contribution in [2.75, 3.05) is 19.3 Å². The SMILES string of the molecule is CS(=O)(=O)N1CCC(C(=O)NC2CC2c2cccs2)CC1. The van der Waals surface area contributed by atoms with Gasteiger partial charge in [-0.1, -0.05) is 6.07 Å². The summed E-state index contributed by atoms with van der Waals surface area (Å²) in [5.74, 6) is 0.518. The third-order valence-electron chi connectivity index (χ3n) is 4.32. The Balaban J connectivity index is 1.48. The van der Waals surface area contributed by atoms with Gasteiger partial charge in [0.1, 0.15) is 0 Å². The molecule has 2 fully saturated rings. The van der Waals surface area contributed by atoms with Gasteiger partial charge in [0.25, 0.3) is 0 Å². The van der Waals surface area contributed by atoms with Gasteiger partial charge in [-0.2, -0.15) is 0 Å².